The Morgan fingerprint density at radius 2 is 1.86 bits per heavy atom. The molecule has 1 aliphatic heterocycles. The van der Waals surface area contributed by atoms with E-state index < -0.39 is 11.4 Å². The first-order chi connectivity index (χ1) is 10.1. The van der Waals surface area contributed by atoms with Crippen LogP contribution in [0.1, 0.15) is 24.8 Å². The Balaban J connectivity index is 2.23. The fraction of sp³-hybridized carbons (Fsp3) is 0.500. The largest absolute Gasteiger partial charge is 0.481 e. The van der Waals surface area contributed by atoms with Crippen molar-refractivity contribution < 1.29 is 19.4 Å². The molecule has 5 nitrogen and oxygen atoms in total. The lowest BCUT2D eigenvalue weighted by molar-refractivity contribution is -0.142. The number of benzene rings is 1. The smallest absolute Gasteiger partial charge is 0.305 e. The standard InChI is InChI=1S/C16H21NO4/c1-17(10-7-14(18)19)15(20)16(8-11-21-12-9-16)13-5-3-2-4-6-13/h2-6H,7-12H2,1H3,(H,18,19). The van der Waals surface area contributed by atoms with Gasteiger partial charge in [-0.1, -0.05) is 30.3 Å². The molecule has 1 fully saturated rings. The molecule has 0 radical (unpaired) electrons. The molecule has 1 aromatic rings. The molecule has 0 atom stereocenters. The average Bonchev–Trinajstić information content (AvgIpc) is 2.53. The molecule has 0 spiro atoms. The van der Waals surface area contributed by atoms with E-state index in [1.165, 1.54) is 4.90 Å². The van der Waals surface area contributed by atoms with Gasteiger partial charge in [-0.25, -0.2) is 0 Å². The Hall–Kier alpha value is -1.88. The fourth-order valence-corrected chi connectivity index (χ4v) is 2.83. The summed E-state index contributed by atoms with van der Waals surface area (Å²) in [4.78, 5) is 25.1. The van der Waals surface area contributed by atoms with Crippen LogP contribution in [-0.2, 0) is 19.7 Å². The Bertz CT molecular complexity index is 494. The molecule has 114 valence electrons. The molecule has 0 bridgehead atoms. The number of hydrogen-bond acceptors (Lipinski definition) is 3. The zero-order valence-corrected chi connectivity index (χ0v) is 12.2. The van der Waals surface area contributed by atoms with Gasteiger partial charge in [0.2, 0.25) is 5.91 Å². The van der Waals surface area contributed by atoms with Gasteiger partial charge in [-0.05, 0) is 18.4 Å². The minimum absolute atomic E-state index is 0.0155. The van der Waals surface area contributed by atoms with Gasteiger partial charge < -0.3 is 14.7 Å². The number of carbonyl (C=O) groups excluding carboxylic acids is 1. The molecule has 1 aliphatic rings. The Morgan fingerprint density at radius 1 is 1.24 bits per heavy atom. The van der Waals surface area contributed by atoms with Crippen LogP contribution in [0.4, 0.5) is 0 Å². The summed E-state index contributed by atoms with van der Waals surface area (Å²) in [5, 5.41) is 8.78. The second kappa shape index (κ2) is 6.72. The van der Waals surface area contributed by atoms with Crippen LogP contribution in [0.15, 0.2) is 30.3 Å². The molecule has 0 saturated carbocycles. The van der Waals surface area contributed by atoms with Crippen molar-refractivity contribution in [2.24, 2.45) is 0 Å². The highest BCUT2D eigenvalue weighted by atomic mass is 16.5. The number of likely N-dealkylation sites (N-methyl/N-ethyl adjacent to an activating group) is 1. The summed E-state index contributed by atoms with van der Waals surface area (Å²) >= 11 is 0. The minimum atomic E-state index is -0.893. The Morgan fingerprint density at radius 3 is 2.43 bits per heavy atom. The quantitative estimate of drug-likeness (QED) is 0.896. The summed E-state index contributed by atoms with van der Waals surface area (Å²) in [5.41, 5.74) is 0.396. The molecular formula is C16H21NO4. The van der Waals surface area contributed by atoms with Crippen LogP contribution in [0.3, 0.4) is 0 Å². The first-order valence-electron chi connectivity index (χ1n) is 7.17. The maximum absolute atomic E-state index is 12.9. The fourth-order valence-electron chi connectivity index (χ4n) is 2.83. The molecule has 1 amide bonds. The van der Waals surface area contributed by atoms with Gasteiger partial charge in [0.25, 0.3) is 0 Å². The van der Waals surface area contributed by atoms with Crippen molar-refractivity contribution in [1.29, 1.82) is 0 Å². The van der Waals surface area contributed by atoms with Crippen LogP contribution in [0.2, 0.25) is 0 Å². The van der Waals surface area contributed by atoms with E-state index >= 15 is 0 Å². The van der Waals surface area contributed by atoms with E-state index in [9.17, 15) is 9.59 Å². The second-order valence-electron chi connectivity index (χ2n) is 5.43. The van der Waals surface area contributed by atoms with E-state index in [1.54, 1.807) is 7.05 Å². The highest BCUT2D eigenvalue weighted by molar-refractivity contribution is 5.88. The first kappa shape index (κ1) is 15.5. The lowest BCUT2D eigenvalue weighted by atomic mass is 9.73. The van der Waals surface area contributed by atoms with Crippen molar-refractivity contribution >= 4 is 11.9 Å². The van der Waals surface area contributed by atoms with Gasteiger partial charge in [-0.15, -0.1) is 0 Å². The number of hydrogen-bond donors (Lipinski definition) is 1. The molecule has 1 N–H and O–H groups in total. The van der Waals surface area contributed by atoms with E-state index in [0.717, 1.165) is 5.56 Å². The number of nitrogens with zero attached hydrogens (tertiary/aromatic N) is 1. The van der Waals surface area contributed by atoms with Gasteiger partial charge in [0.05, 0.1) is 11.8 Å². The lowest BCUT2D eigenvalue weighted by Crippen LogP contribution is -2.49. The number of aliphatic carboxylic acids is 1. The second-order valence-corrected chi connectivity index (χ2v) is 5.43. The van der Waals surface area contributed by atoms with Gasteiger partial charge in [0.1, 0.15) is 0 Å². The van der Waals surface area contributed by atoms with Gasteiger partial charge in [0, 0.05) is 26.8 Å². The summed E-state index contributed by atoms with van der Waals surface area (Å²) in [5.74, 6) is -0.909. The maximum Gasteiger partial charge on any atom is 0.305 e. The third-order valence-corrected chi connectivity index (χ3v) is 4.09. The molecule has 0 aliphatic carbocycles. The third kappa shape index (κ3) is 3.42. The molecule has 1 aromatic carbocycles. The van der Waals surface area contributed by atoms with E-state index in [4.69, 9.17) is 9.84 Å². The third-order valence-electron chi connectivity index (χ3n) is 4.09. The van der Waals surface area contributed by atoms with Gasteiger partial charge in [0.15, 0.2) is 0 Å². The molecule has 0 aromatic heterocycles. The SMILES string of the molecule is CN(CCC(=O)O)C(=O)C1(c2ccccc2)CCOCC1. The topological polar surface area (TPSA) is 66.8 Å². The van der Waals surface area contributed by atoms with Crippen LogP contribution in [0.5, 0.6) is 0 Å². The van der Waals surface area contributed by atoms with Crippen molar-refractivity contribution in [1.82, 2.24) is 4.90 Å². The number of carboxylic acids is 1. The van der Waals surface area contributed by atoms with Gasteiger partial charge in [-0.2, -0.15) is 0 Å². The number of amides is 1. The van der Waals surface area contributed by atoms with Gasteiger partial charge >= 0.3 is 5.97 Å². The normalized spacial score (nSPS) is 17.2. The number of rotatable bonds is 5. The van der Waals surface area contributed by atoms with E-state index in [-0.39, 0.29) is 18.9 Å². The molecule has 1 heterocycles. The van der Waals surface area contributed by atoms with E-state index in [0.29, 0.717) is 26.1 Å². The number of carbonyl (C=O) groups is 2. The van der Waals surface area contributed by atoms with Crippen molar-refractivity contribution in [2.45, 2.75) is 24.7 Å². The Kier molecular flexibility index (Phi) is 4.96. The molecule has 2 rings (SSSR count). The summed E-state index contributed by atoms with van der Waals surface area (Å²) < 4.78 is 5.41. The van der Waals surface area contributed by atoms with Crippen LogP contribution >= 0.6 is 0 Å². The monoisotopic (exact) mass is 291 g/mol. The molecule has 5 heteroatoms. The van der Waals surface area contributed by atoms with Crippen LogP contribution in [0.25, 0.3) is 0 Å². The lowest BCUT2D eigenvalue weighted by Gasteiger charge is -2.39. The molecule has 21 heavy (non-hydrogen) atoms. The van der Waals surface area contributed by atoms with Crippen molar-refractivity contribution in [3.05, 3.63) is 35.9 Å². The summed E-state index contributed by atoms with van der Waals surface area (Å²) in [6.45, 7) is 1.32. The predicted octanol–water partition coefficient (Wildman–Crippen LogP) is 1.67. The van der Waals surface area contributed by atoms with Crippen molar-refractivity contribution in [2.75, 3.05) is 26.8 Å². The van der Waals surface area contributed by atoms with Crippen molar-refractivity contribution in [3.8, 4) is 0 Å². The van der Waals surface area contributed by atoms with Crippen LogP contribution in [0, 0.1) is 0 Å². The predicted molar refractivity (Wildman–Crippen MR) is 78.1 cm³/mol. The summed E-state index contributed by atoms with van der Waals surface area (Å²) in [6.07, 6.45) is 1.23. The van der Waals surface area contributed by atoms with E-state index in [2.05, 4.69) is 0 Å². The zero-order valence-electron chi connectivity index (χ0n) is 12.2. The zero-order chi connectivity index (χ0) is 15.3. The molecule has 0 unspecified atom stereocenters. The van der Waals surface area contributed by atoms with E-state index in [1.807, 2.05) is 30.3 Å². The van der Waals surface area contributed by atoms with Crippen molar-refractivity contribution in [3.63, 3.8) is 0 Å². The Labute approximate surface area is 124 Å². The number of ether oxygens (including phenoxy) is 1. The summed E-state index contributed by atoms with van der Waals surface area (Å²) in [7, 11) is 1.67. The highest BCUT2D eigenvalue weighted by Crippen LogP contribution is 2.36. The van der Waals surface area contributed by atoms with Crippen LogP contribution in [-0.4, -0.2) is 48.7 Å². The van der Waals surface area contributed by atoms with Crippen LogP contribution < -0.4 is 0 Å². The van der Waals surface area contributed by atoms with Gasteiger partial charge in [-0.3, -0.25) is 9.59 Å². The minimum Gasteiger partial charge on any atom is -0.481 e. The molecular weight excluding hydrogens is 270 g/mol. The first-order valence-corrected chi connectivity index (χ1v) is 7.17. The molecule has 1 saturated heterocycles. The maximum atomic E-state index is 12.9. The number of carboxylic acid groups (broad SMARTS) is 1. The highest BCUT2D eigenvalue weighted by Gasteiger charge is 2.43. The average molecular weight is 291 g/mol. The summed E-state index contributed by atoms with van der Waals surface area (Å²) in [6, 6.07) is 9.71.